The van der Waals surface area contributed by atoms with Gasteiger partial charge in [-0.2, -0.15) is 0 Å². The number of carbonyl (C=O) groups excluding carboxylic acids is 1. The van der Waals surface area contributed by atoms with Crippen LogP contribution in [0.1, 0.15) is 34.1 Å². The van der Waals surface area contributed by atoms with Crippen LogP contribution in [0.15, 0.2) is 66.0 Å². The monoisotopic (exact) mass is 365 g/mol. The van der Waals surface area contributed by atoms with Crippen molar-refractivity contribution in [2.45, 2.75) is 26.8 Å². The number of anilines is 1. The van der Waals surface area contributed by atoms with Gasteiger partial charge in [0.15, 0.2) is 0 Å². The lowest BCUT2D eigenvalue weighted by molar-refractivity contribution is 0.0985. The molecule has 1 amide bonds. The number of amides is 1. The lowest BCUT2D eigenvalue weighted by Gasteiger charge is -2.23. The van der Waals surface area contributed by atoms with Crippen molar-refractivity contribution in [1.82, 2.24) is 0 Å². The van der Waals surface area contributed by atoms with Crippen LogP contribution < -0.4 is 9.64 Å². The van der Waals surface area contributed by atoms with E-state index in [-0.39, 0.29) is 5.91 Å². The van der Waals surface area contributed by atoms with E-state index in [1.807, 2.05) is 71.8 Å². The van der Waals surface area contributed by atoms with E-state index in [0.29, 0.717) is 18.7 Å². The van der Waals surface area contributed by atoms with Crippen molar-refractivity contribution in [2.75, 3.05) is 11.5 Å². The van der Waals surface area contributed by atoms with Crippen molar-refractivity contribution in [1.29, 1.82) is 0 Å². The normalized spacial score (nSPS) is 10.5. The zero-order chi connectivity index (χ0) is 18.4. The van der Waals surface area contributed by atoms with Gasteiger partial charge >= 0.3 is 0 Å². The molecule has 0 radical (unpaired) electrons. The molecule has 0 saturated carbocycles. The summed E-state index contributed by atoms with van der Waals surface area (Å²) in [6, 6.07) is 19.6. The maximum absolute atomic E-state index is 13.3. The summed E-state index contributed by atoms with van der Waals surface area (Å²) < 4.78 is 5.68. The molecule has 0 aliphatic carbocycles. The Hall–Kier alpha value is -2.59. The second-order valence-corrected chi connectivity index (χ2v) is 7.21. The SMILES string of the molecule is CCCOc1cccc(C(=O)N(Cc2cccs2)c2ccc(C)cc2)c1. The van der Waals surface area contributed by atoms with Crippen LogP contribution >= 0.6 is 11.3 Å². The summed E-state index contributed by atoms with van der Waals surface area (Å²) in [7, 11) is 0. The maximum Gasteiger partial charge on any atom is 0.258 e. The van der Waals surface area contributed by atoms with Crippen molar-refractivity contribution >= 4 is 22.9 Å². The molecule has 3 nitrogen and oxygen atoms in total. The summed E-state index contributed by atoms with van der Waals surface area (Å²) >= 11 is 1.66. The summed E-state index contributed by atoms with van der Waals surface area (Å²) in [5.74, 6) is 0.710. The molecule has 0 aliphatic heterocycles. The molecule has 2 aromatic carbocycles. The van der Waals surface area contributed by atoms with E-state index in [9.17, 15) is 4.79 Å². The molecule has 0 N–H and O–H groups in total. The van der Waals surface area contributed by atoms with Crippen LogP contribution in [0.25, 0.3) is 0 Å². The number of thiophene rings is 1. The number of nitrogens with zero attached hydrogens (tertiary/aromatic N) is 1. The van der Waals surface area contributed by atoms with Crippen LogP contribution in [0, 0.1) is 6.92 Å². The molecule has 0 saturated heterocycles. The first-order valence-corrected chi connectivity index (χ1v) is 9.69. The molecule has 1 heterocycles. The molecule has 0 fully saturated rings. The highest BCUT2D eigenvalue weighted by Crippen LogP contribution is 2.24. The Kier molecular flexibility index (Phi) is 6.08. The van der Waals surface area contributed by atoms with E-state index >= 15 is 0 Å². The Morgan fingerprint density at radius 2 is 1.88 bits per heavy atom. The number of benzene rings is 2. The van der Waals surface area contributed by atoms with Crippen LogP contribution in [-0.2, 0) is 6.54 Å². The van der Waals surface area contributed by atoms with Gasteiger partial charge < -0.3 is 9.64 Å². The minimum atomic E-state index is -0.0239. The zero-order valence-corrected chi connectivity index (χ0v) is 16.0. The lowest BCUT2D eigenvalue weighted by atomic mass is 10.1. The maximum atomic E-state index is 13.3. The third kappa shape index (κ3) is 4.52. The quantitative estimate of drug-likeness (QED) is 0.538. The minimum Gasteiger partial charge on any atom is -0.494 e. The highest BCUT2D eigenvalue weighted by Gasteiger charge is 2.19. The van der Waals surface area contributed by atoms with Crippen molar-refractivity contribution in [2.24, 2.45) is 0 Å². The van der Waals surface area contributed by atoms with Gasteiger partial charge in [-0.05, 0) is 55.1 Å². The summed E-state index contributed by atoms with van der Waals surface area (Å²) in [5.41, 5.74) is 2.71. The Morgan fingerprint density at radius 1 is 1.08 bits per heavy atom. The first-order valence-electron chi connectivity index (χ1n) is 8.81. The van der Waals surface area contributed by atoms with Gasteiger partial charge in [0.05, 0.1) is 13.2 Å². The average Bonchev–Trinajstić information content (AvgIpc) is 3.18. The molecular formula is C22H23NO2S. The van der Waals surface area contributed by atoms with Gasteiger partial charge in [-0.15, -0.1) is 11.3 Å². The fraction of sp³-hybridized carbons (Fsp3) is 0.227. The van der Waals surface area contributed by atoms with Crippen molar-refractivity contribution in [3.63, 3.8) is 0 Å². The number of rotatable bonds is 7. The molecule has 4 heteroatoms. The first kappa shape index (κ1) is 18.2. The molecule has 3 aromatic rings. The number of ether oxygens (including phenoxy) is 1. The van der Waals surface area contributed by atoms with Crippen LogP contribution in [0.3, 0.4) is 0 Å². The second kappa shape index (κ2) is 8.68. The highest BCUT2D eigenvalue weighted by molar-refractivity contribution is 7.09. The number of hydrogen-bond donors (Lipinski definition) is 0. The zero-order valence-electron chi connectivity index (χ0n) is 15.1. The Bertz CT molecular complexity index is 841. The van der Waals surface area contributed by atoms with Crippen LogP contribution in [-0.4, -0.2) is 12.5 Å². The molecule has 3 rings (SSSR count). The van der Waals surface area contributed by atoms with Gasteiger partial charge in [-0.25, -0.2) is 0 Å². The summed E-state index contributed by atoms with van der Waals surface area (Å²) in [6.07, 6.45) is 0.937. The smallest absolute Gasteiger partial charge is 0.258 e. The number of hydrogen-bond acceptors (Lipinski definition) is 3. The molecule has 0 spiro atoms. The van der Waals surface area contributed by atoms with Gasteiger partial charge in [0.25, 0.3) is 5.91 Å². The molecule has 0 aliphatic rings. The molecule has 0 unspecified atom stereocenters. The van der Waals surface area contributed by atoms with E-state index in [1.165, 1.54) is 5.56 Å². The fourth-order valence-electron chi connectivity index (χ4n) is 2.66. The molecule has 26 heavy (non-hydrogen) atoms. The standard InChI is InChI=1S/C22H23NO2S/c1-3-13-25-20-7-4-6-18(15-20)22(24)23(16-21-8-5-14-26-21)19-11-9-17(2)10-12-19/h4-12,14-15H,3,13,16H2,1-2H3. The van der Waals surface area contributed by atoms with Crippen molar-refractivity contribution in [3.8, 4) is 5.75 Å². The predicted octanol–water partition coefficient (Wildman–Crippen LogP) is 5.69. The molecule has 0 bridgehead atoms. The fourth-order valence-corrected chi connectivity index (χ4v) is 3.35. The number of aryl methyl sites for hydroxylation is 1. The highest BCUT2D eigenvalue weighted by atomic mass is 32.1. The van der Waals surface area contributed by atoms with Crippen LogP contribution in [0.5, 0.6) is 5.75 Å². The third-order valence-corrected chi connectivity index (χ3v) is 4.90. The number of carbonyl (C=O) groups is 1. The first-order chi connectivity index (χ1) is 12.7. The third-order valence-electron chi connectivity index (χ3n) is 4.04. The summed E-state index contributed by atoms with van der Waals surface area (Å²) in [6.45, 7) is 5.31. The Labute approximate surface area is 158 Å². The molecule has 1 aromatic heterocycles. The lowest BCUT2D eigenvalue weighted by Crippen LogP contribution is -2.30. The van der Waals surface area contributed by atoms with Gasteiger partial charge in [0, 0.05) is 16.1 Å². The van der Waals surface area contributed by atoms with Crippen LogP contribution in [0.4, 0.5) is 5.69 Å². The van der Waals surface area contributed by atoms with Gasteiger partial charge in [0.1, 0.15) is 5.75 Å². The summed E-state index contributed by atoms with van der Waals surface area (Å²) in [5, 5.41) is 2.03. The minimum absolute atomic E-state index is 0.0239. The Balaban J connectivity index is 1.90. The van der Waals surface area contributed by atoms with Gasteiger partial charge in [0.2, 0.25) is 0 Å². The second-order valence-electron chi connectivity index (χ2n) is 6.18. The molecule has 0 atom stereocenters. The van der Waals surface area contributed by atoms with E-state index in [1.54, 1.807) is 11.3 Å². The average molecular weight is 365 g/mol. The van der Waals surface area contributed by atoms with Gasteiger partial charge in [-0.3, -0.25) is 4.79 Å². The van der Waals surface area contributed by atoms with E-state index in [0.717, 1.165) is 22.7 Å². The van der Waals surface area contributed by atoms with Gasteiger partial charge in [-0.1, -0.05) is 36.8 Å². The molecular weight excluding hydrogens is 342 g/mol. The van der Waals surface area contributed by atoms with E-state index in [2.05, 4.69) is 13.0 Å². The molecule has 134 valence electrons. The van der Waals surface area contributed by atoms with Crippen molar-refractivity contribution in [3.05, 3.63) is 82.0 Å². The van der Waals surface area contributed by atoms with E-state index in [4.69, 9.17) is 4.74 Å². The summed E-state index contributed by atoms with van der Waals surface area (Å²) in [4.78, 5) is 16.2. The predicted molar refractivity (Wildman–Crippen MR) is 108 cm³/mol. The Morgan fingerprint density at radius 3 is 2.58 bits per heavy atom. The topological polar surface area (TPSA) is 29.5 Å². The van der Waals surface area contributed by atoms with E-state index < -0.39 is 0 Å². The largest absolute Gasteiger partial charge is 0.494 e. The van der Waals surface area contributed by atoms with Crippen molar-refractivity contribution < 1.29 is 9.53 Å². The van der Waals surface area contributed by atoms with Crippen LogP contribution in [0.2, 0.25) is 0 Å².